The molecule has 9 nitrogen and oxygen atoms in total. The lowest BCUT2D eigenvalue weighted by Gasteiger charge is -2.32. The Kier molecular flexibility index (Phi) is 8.66. The van der Waals surface area contributed by atoms with Crippen LogP contribution in [0.2, 0.25) is 0 Å². The highest BCUT2D eigenvalue weighted by molar-refractivity contribution is 5.95. The van der Waals surface area contributed by atoms with Gasteiger partial charge in [-0.1, -0.05) is 6.07 Å². The van der Waals surface area contributed by atoms with Gasteiger partial charge in [0.25, 0.3) is 5.91 Å². The lowest BCUT2D eigenvalue weighted by Crippen LogP contribution is -2.47. The normalized spacial score (nSPS) is 13.9. The number of aryl methyl sites for hydroxylation is 1. The Morgan fingerprint density at radius 1 is 1.00 bits per heavy atom. The number of phenolic OH excluding ortho intramolecular Hbond substituents is 1. The summed E-state index contributed by atoms with van der Waals surface area (Å²) < 4.78 is 31.7. The number of likely N-dealkylation sites (N-methyl/N-ethyl adjacent to an activating group) is 1. The van der Waals surface area contributed by atoms with E-state index in [2.05, 4.69) is 27.2 Å². The summed E-state index contributed by atoms with van der Waals surface area (Å²) in [5, 5.41) is 19.9. The number of aromatic hydroxyl groups is 1. The molecule has 1 amide bonds. The van der Waals surface area contributed by atoms with Crippen LogP contribution in [0.1, 0.15) is 15.9 Å². The van der Waals surface area contributed by atoms with Crippen molar-refractivity contribution in [3.05, 3.63) is 66.0 Å². The molecule has 1 aliphatic heterocycles. The molecular weight excluding hydrogens is 491 g/mol. The highest BCUT2D eigenvalue weighted by Gasteiger charge is 2.38. The number of nitrogens with zero attached hydrogens (tertiary/aromatic N) is 4. The molecule has 1 aromatic heterocycles. The molecule has 3 N–H and O–H groups in total. The summed E-state index contributed by atoms with van der Waals surface area (Å²) >= 11 is 0. The number of carboxylic acid groups (broad SMARTS) is 1. The van der Waals surface area contributed by atoms with E-state index < -0.39 is 12.1 Å². The number of aliphatic carboxylic acids is 1. The molecule has 1 saturated heterocycles. The van der Waals surface area contributed by atoms with Gasteiger partial charge in [-0.3, -0.25) is 9.78 Å². The second-order valence-electron chi connectivity index (χ2n) is 8.39. The van der Waals surface area contributed by atoms with Gasteiger partial charge in [0.05, 0.1) is 18.1 Å². The number of phenols is 1. The number of nitrogens with one attached hydrogen (secondary N) is 1. The van der Waals surface area contributed by atoms with Crippen molar-refractivity contribution in [3.8, 4) is 17.0 Å². The predicted molar refractivity (Wildman–Crippen MR) is 131 cm³/mol. The van der Waals surface area contributed by atoms with Gasteiger partial charge in [-0.15, -0.1) is 0 Å². The summed E-state index contributed by atoms with van der Waals surface area (Å²) in [4.78, 5) is 34.9. The van der Waals surface area contributed by atoms with E-state index in [4.69, 9.17) is 9.90 Å². The zero-order valence-electron chi connectivity index (χ0n) is 20.2. The van der Waals surface area contributed by atoms with Crippen molar-refractivity contribution in [1.29, 1.82) is 0 Å². The third-order valence-corrected chi connectivity index (χ3v) is 5.58. The number of carboxylic acids is 1. The SMILES string of the molecule is Cc1ccc(C(=O)N2CCN(C)CC2)cc1Nc1cncc(-c2ccc(O)cc2)n1.O=C(O)C(F)(F)F. The van der Waals surface area contributed by atoms with Crippen molar-refractivity contribution in [1.82, 2.24) is 19.8 Å². The van der Waals surface area contributed by atoms with Crippen LogP contribution in [-0.4, -0.2) is 81.3 Å². The molecule has 3 aromatic rings. The Balaban J connectivity index is 0.000000479. The van der Waals surface area contributed by atoms with Crippen molar-refractivity contribution >= 4 is 23.4 Å². The number of piperazine rings is 1. The van der Waals surface area contributed by atoms with Crippen LogP contribution >= 0.6 is 0 Å². The number of amides is 1. The van der Waals surface area contributed by atoms with Gasteiger partial charge in [0.1, 0.15) is 11.6 Å². The summed E-state index contributed by atoms with van der Waals surface area (Å²) in [5.74, 6) is -1.91. The Morgan fingerprint density at radius 3 is 2.22 bits per heavy atom. The van der Waals surface area contributed by atoms with Crippen LogP contribution in [0.3, 0.4) is 0 Å². The zero-order chi connectivity index (χ0) is 27.2. The molecule has 12 heteroatoms. The second-order valence-corrected chi connectivity index (χ2v) is 8.39. The van der Waals surface area contributed by atoms with E-state index in [1.807, 2.05) is 30.0 Å². The van der Waals surface area contributed by atoms with Crippen molar-refractivity contribution in [2.24, 2.45) is 0 Å². The third kappa shape index (κ3) is 7.64. The summed E-state index contributed by atoms with van der Waals surface area (Å²) in [6.45, 7) is 5.26. The van der Waals surface area contributed by atoms with E-state index in [0.717, 1.165) is 43.0 Å². The summed E-state index contributed by atoms with van der Waals surface area (Å²) in [7, 11) is 2.07. The molecular formula is C25H26F3N5O4. The van der Waals surface area contributed by atoms with Crippen LogP contribution < -0.4 is 5.32 Å². The number of hydrogen-bond donors (Lipinski definition) is 3. The summed E-state index contributed by atoms with van der Waals surface area (Å²) in [5.41, 5.74) is 4.06. The highest BCUT2D eigenvalue weighted by atomic mass is 19.4. The number of benzene rings is 2. The monoisotopic (exact) mass is 517 g/mol. The first-order chi connectivity index (χ1) is 17.4. The molecule has 2 aromatic carbocycles. The maximum Gasteiger partial charge on any atom is 0.490 e. The molecule has 0 radical (unpaired) electrons. The minimum atomic E-state index is -5.08. The second kappa shape index (κ2) is 11.7. The first-order valence-corrected chi connectivity index (χ1v) is 11.2. The molecule has 2 heterocycles. The number of carbonyl (C=O) groups is 2. The highest BCUT2D eigenvalue weighted by Crippen LogP contribution is 2.25. The minimum Gasteiger partial charge on any atom is -0.508 e. The van der Waals surface area contributed by atoms with Gasteiger partial charge >= 0.3 is 12.1 Å². The van der Waals surface area contributed by atoms with Gasteiger partial charge in [-0.25, -0.2) is 9.78 Å². The van der Waals surface area contributed by atoms with E-state index in [9.17, 15) is 23.1 Å². The number of aromatic nitrogens is 2. The van der Waals surface area contributed by atoms with Gasteiger partial charge in [-0.2, -0.15) is 13.2 Å². The topological polar surface area (TPSA) is 119 Å². The lowest BCUT2D eigenvalue weighted by atomic mass is 10.1. The Hall–Kier alpha value is -4.19. The number of carbonyl (C=O) groups excluding carboxylic acids is 1. The fourth-order valence-corrected chi connectivity index (χ4v) is 3.42. The number of halogens is 3. The zero-order valence-corrected chi connectivity index (χ0v) is 20.2. The number of anilines is 2. The average molecular weight is 518 g/mol. The fraction of sp³-hybridized carbons (Fsp3) is 0.280. The smallest absolute Gasteiger partial charge is 0.490 e. The van der Waals surface area contributed by atoms with Crippen LogP contribution in [0.4, 0.5) is 24.7 Å². The number of rotatable bonds is 4. The standard InChI is InChI=1S/C23H25N5O2.C2HF3O2/c1-16-3-4-18(23(30)28-11-9-27(2)10-12-28)13-20(16)25-22-15-24-14-21(26-22)17-5-7-19(29)8-6-17;3-2(4,5)1(6)7/h3-8,13-15,29H,9-12H2,1-2H3,(H,25,26);(H,6,7). The first-order valence-electron chi connectivity index (χ1n) is 11.2. The molecule has 1 fully saturated rings. The molecule has 37 heavy (non-hydrogen) atoms. The molecule has 0 aliphatic carbocycles. The van der Waals surface area contributed by atoms with E-state index >= 15 is 0 Å². The summed E-state index contributed by atoms with van der Waals surface area (Å²) in [6.07, 6.45) is -1.75. The number of hydrogen-bond acceptors (Lipinski definition) is 7. The first kappa shape index (κ1) is 27.4. The molecule has 0 saturated carbocycles. The van der Waals surface area contributed by atoms with E-state index in [1.54, 1.807) is 36.7 Å². The van der Waals surface area contributed by atoms with Gasteiger partial charge in [0.15, 0.2) is 0 Å². The van der Waals surface area contributed by atoms with Crippen LogP contribution in [0.25, 0.3) is 11.3 Å². The maximum absolute atomic E-state index is 12.9. The van der Waals surface area contributed by atoms with Gasteiger partial charge in [-0.05, 0) is 55.9 Å². The van der Waals surface area contributed by atoms with Crippen molar-refractivity contribution in [2.75, 3.05) is 38.5 Å². The Labute approximate surface area is 211 Å². The number of alkyl halides is 3. The lowest BCUT2D eigenvalue weighted by molar-refractivity contribution is -0.192. The van der Waals surface area contributed by atoms with Crippen molar-refractivity contribution in [3.63, 3.8) is 0 Å². The predicted octanol–water partition coefficient (Wildman–Crippen LogP) is 3.92. The van der Waals surface area contributed by atoms with Crippen LogP contribution in [-0.2, 0) is 4.79 Å². The average Bonchev–Trinajstić information content (AvgIpc) is 2.86. The molecule has 1 aliphatic rings. The van der Waals surface area contributed by atoms with Crippen LogP contribution in [0, 0.1) is 6.92 Å². The quantitative estimate of drug-likeness (QED) is 0.477. The van der Waals surface area contributed by atoms with Gasteiger partial charge < -0.3 is 25.3 Å². The Bertz CT molecular complexity index is 1240. The summed E-state index contributed by atoms with van der Waals surface area (Å²) in [6, 6.07) is 12.5. The Morgan fingerprint density at radius 2 is 1.62 bits per heavy atom. The van der Waals surface area contributed by atoms with E-state index in [0.29, 0.717) is 17.1 Å². The van der Waals surface area contributed by atoms with Crippen molar-refractivity contribution in [2.45, 2.75) is 13.1 Å². The molecule has 0 bridgehead atoms. The molecule has 0 spiro atoms. The van der Waals surface area contributed by atoms with Crippen molar-refractivity contribution < 1.29 is 33.0 Å². The molecule has 4 rings (SSSR count). The van der Waals surface area contributed by atoms with Gasteiger partial charge in [0.2, 0.25) is 0 Å². The minimum absolute atomic E-state index is 0.0510. The largest absolute Gasteiger partial charge is 0.508 e. The molecule has 0 atom stereocenters. The molecule has 0 unspecified atom stereocenters. The molecule has 196 valence electrons. The van der Waals surface area contributed by atoms with Crippen LogP contribution in [0.15, 0.2) is 54.9 Å². The van der Waals surface area contributed by atoms with E-state index in [1.165, 1.54) is 0 Å². The maximum atomic E-state index is 12.9. The van der Waals surface area contributed by atoms with E-state index in [-0.39, 0.29) is 11.7 Å². The third-order valence-electron chi connectivity index (χ3n) is 5.58. The van der Waals surface area contributed by atoms with Crippen LogP contribution in [0.5, 0.6) is 5.75 Å². The van der Waals surface area contributed by atoms with Gasteiger partial charge in [0, 0.05) is 43.0 Å². The fourth-order valence-electron chi connectivity index (χ4n) is 3.42.